The molecule has 0 aliphatic carbocycles. The van der Waals surface area contributed by atoms with Gasteiger partial charge in [0.2, 0.25) is 5.95 Å². The van der Waals surface area contributed by atoms with Gasteiger partial charge in [-0.2, -0.15) is 4.39 Å². The van der Waals surface area contributed by atoms with Crippen LogP contribution in [0.3, 0.4) is 0 Å². The lowest BCUT2D eigenvalue weighted by Crippen LogP contribution is -2.44. The van der Waals surface area contributed by atoms with Gasteiger partial charge in [0.15, 0.2) is 0 Å². The number of hydrogen-bond donors (Lipinski definition) is 2. The van der Waals surface area contributed by atoms with Gasteiger partial charge < -0.3 is 15.2 Å². The highest BCUT2D eigenvalue weighted by atomic mass is 19.1. The number of hydrogen-bond acceptors (Lipinski definition) is 4. The molecule has 0 saturated heterocycles. The first-order valence-corrected chi connectivity index (χ1v) is 8.39. The number of nitrogens with zero attached hydrogens (tertiary/aromatic N) is 2. The summed E-state index contributed by atoms with van der Waals surface area (Å²) in [5.41, 5.74) is 1.66. The Bertz CT molecular complexity index is 780. The maximum absolute atomic E-state index is 13.3. The lowest BCUT2D eigenvalue weighted by molar-refractivity contribution is 0.169. The third kappa shape index (κ3) is 5.68. The number of nitrogens with one attached hydrogen (secondary N) is 1. The summed E-state index contributed by atoms with van der Waals surface area (Å²) in [4.78, 5) is 18.7. The van der Waals surface area contributed by atoms with E-state index in [1.54, 1.807) is 12.3 Å². The second-order valence-corrected chi connectivity index (χ2v) is 7.14. The minimum atomic E-state index is -1.04. The van der Waals surface area contributed by atoms with E-state index in [4.69, 9.17) is 9.84 Å². The van der Waals surface area contributed by atoms with Gasteiger partial charge >= 0.3 is 6.09 Å². The van der Waals surface area contributed by atoms with Crippen LogP contribution >= 0.6 is 0 Å². The molecule has 140 valence electrons. The number of carboxylic acid groups (broad SMARTS) is 1. The monoisotopic (exact) mass is 361 g/mol. The van der Waals surface area contributed by atoms with E-state index < -0.39 is 17.6 Å². The van der Waals surface area contributed by atoms with Crippen LogP contribution < -0.4 is 10.1 Å². The van der Waals surface area contributed by atoms with Crippen molar-refractivity contribution in [2.24, 2.45) is 5.92 Å². The molecule has 2 aromatic rings. The molecular weight excluding hydrogens is 337 g/mol. The van der Waals surface area contributed by atoms with Crippen molar-refractivity contribution < 1.29 is 19.0 Å². The van der Waals surface area contributed by atoms with Gasteiger partial charge in [0.25, 0.3) is 0 Å². The summed E-state index contributed by atoms with van der Waals surface area (Å²) in [7, 11) is 0. The van der Waals surface area contributed by atoms with Gasteiger partial charge in [0.05, 0.1) is 18.5 Å². The number of aromatic nitrogens is 2. The van der Waals surface area contributed by atoms with E-state index in [2.05, 4.69) is 15.3 Å². The molecule has 0 aromatic carbocycles. The molecule has 0 saturated carbocycles. The average molecular weight is 361 g/mol. The summed E-state index contributed by atoms with van der Waals surface area (Å²) in [5.74, 6) is 0.248. The zero-order chi connectivity index (χ0) is 19.3. The van der Waals surface area contributed by atoms with Crippen LogP contribution in [-0.2, 0) is 0 Å². The SMILES string of the molecule is Cc1cc(-c2ccnc(F)c2)ncc1OC[C@@H](C)CC(C)(C)NC(=O)O. The Balaban J connectivity index is 1.99. The van der Waals surface area contributed by atoms with Crippen LogP contribution in [0.1, 0.15) is 32.8 Å². The van der Waals surface area contributed by atoms with Gasteiger partial charge in [-0.25, -0.2) is 9.78 Å². The van der Waals surface area contributed by atoms with Crippen molar-refractivity contribution in [2.45, 2.75) is 39.7 Å². The van der Waals surface area contributed by atoms with Gasteiger partial charge in [-0.05, 0) is 50.8 Å². The average Bonchev–Trinajstić information content (AvgIpc) is 2.51. The van der Waals surface area contributed by atoms with E-state index in [0.717, 1.165) is 5.56 Å². The first kappa shape index (κ1) is 19.6. The molecule has 2 N–H and O–H groups in total. The second-order valence-electron chi connectivity index (χ2n) is 7.14. The molecule has 0 bridgehead atoms. The van der Waals surface area contributed by atoms with E-state index in [0.29, 0.717) is 30.0 Å². The first-order valence-electron chi connectivity index (χ1n) is 8.39. The van der Waals surface area contributed by atoms with Crippen molar-refractivity contribution in [2.75, 3.05) is 6.61 Å². The third-order valence-electron chi connectivity index (χ3n) is 3.91. The summed E-state index contributed by atoms with van der Waals surface area (Å²) in [6.45, 7) is 8.03. The molecule has 0 aliphatic heterocycles. The summed E-state index contributed by atoms with van der Waals surface area (Å²) < 4.78 is 19.1. The summed E-state index contributed by atoms with van der Waals surface area (Å²) >= 11 is 0. The molecule has 0 radical (unpaired) electrons. The third-order valence-corrected chi connectivity index (χ3v) is 3.91. The van der Waals surface area contributed by atoms with Gasteiger partial charge in [-0.15, -0.1) is 0 Å². The molecule has 0 unspecified atom stereocenters. The number of carbonyl (C=O) groups is 1. The van der Waals surface area contributed by atoms with Crippen molar-refractivity contribution in [3.8, 4) is 17.0 Å². The Labute approximate surface area is 152 Å². The van der Waals surface area contributed by atoms with Crippen LogP contribution in [0.25, 0.3) is 11.3 Å². The van der Waals surface area contributed by atoms with Crippen LogP contribution in [-0.4, -0.2) is 33.3 Å². The van der Waals surface area contributed by atoms with Gasteiger partial charge in [0.1, 0.15) is 5.75 Å². The van der Waals surface area contributed by atoms with Crippen molar-refractivity contribution in [3.63, 3.8) is 0 Å². The largest absolute Gasteiger partial charge is 0.491 e. The zero-order valence-electron chi connectivity index (χ0n) is 15.4. The smallest absolute Gasteiger partial charge is 0.405 e. The van der Waals surface area contributed by atoms with Crippen molar-refractivity contribution in [1.82, 2.24) is 15.3 Å². The Hall–Kier alpha value is -2.70. The lowest BCUT2D eigenvalue weighted by atomic mass is 9.92. The quantitative estimate of drug-likeness (QED) is 0.727. The molecule has 0 spiro atoms. The number of halogens is 1. The van der Waals surface area contributed by atoms with Crippen LogP contribution in [0, 0.1) is 18.8 Å². The van der Waals surface area contributed by atoms with Crippen molar-refractivity contribution in [3.05, 3.63) is 42.1 Å². The molecule has 26 heavy (non-hydrogen) atoms. The zero-order valence-corrected chi connectivity index (χ0v) is 15.4. The van der Waals surface area contributed by atoms with Crippen molar-refractivity contribution in [1.29, 1.82) is 0 Å². The van der Waals surface area contributed by atoms with Crippen molar-refractivity contribution >= 4 is 6.09 Å². The molecule has 1 amide bonds. The Morgan fingerprint density at radius 3 is 2.73 bits per heavy atom. The highest BCUT2D eigenvalue weighted by molar-refractivity contribution is 5.65. The van der Waals surface area contributed by atoms with Gasteiger partial charge in [-0.3, -0.25) is 4.98 Å². The molecule has 0 aliphatic rings. The predicted octanol–water partition coefficient (Wildman–Crippen LogP) is 4.04. The number of amides is 1. The van der Waals surface area contributed by atoms with E-state index in [9.17, 15) is 9.18 Å². The topological polar surface area (TPSA) is 84.3 Å². The normalized spacial score (nSPS) is 12.5. The standard InChI is InChI=1S/C19H24FN3O3/c1-12(9-19(3,4)23-18(24)25)11-26-16-10-22-15(7-13(16)2)14-5-6-21-17(20)8-14/h5-8,10,12,23H,9,11H2,1-4H3,(H,24,25)/t12-/m0/s1. The van der Waals surface area contributed by atoms with Crippen LogP contribution in [0.15, 0.2) is 30.6 Å². The summed E-state index contributed by atoms with van der Waals surface area (Å²) in [5, 5.41) is 11.4. The number of aryl methyl sites for hydroxylation is 1. The van der Waals surface area contributed by atoms with E-state index >= 15 is 0 Å². The predicted molar refractivity (Wildman–Crippen MR) is 96.7 cm³/mol. The van der Waals surface area contributed by atoms with Crippen LogP contribution in [0.5, 0.6) is 5.75 Å². The van der Waals surface area contributed by atoms with Crippen LogP contribution in [0.2, 0.25) is 0 Å². The van der Waals surface area contributed by atoms with Gasteiger partial charge in [0, 0.05) is 23.4 Å². The Kier molecular flexibility index (Phi) is 6.13. The fourth-order valence-corrected chi connectivity index (χ4v) is 2.92. The molecule has 2 aromatic heterocycles. The highest BCUT2D eigenvalue weighted by Gasteiger charge is 2.23. The Morgan fingerprint density at radius 1 is 1.38 bits per heavy atom. The molecule has 0 fully saturated rings. The fourth-order valence-electron chi connectivity index (χ4n) is 2.92. The number of rotatable bonds is 7. The van der Waals surface area contributed by atoms with E-state index in [-0.39, 0.29) is 5.92 Å². The first-order chi connectivity index (χ1) is 12.2. The van der Waals surface area contributed by atoms with Gasteiger partial charge in [-0.1, -0.05) is 6.92 Å². The minimum Gasteiger partial charge on any atom is -0.491 e. The van der Waals surface area contributed by atoms with E-state index in [1.165, 1.54) is 12.3 Å². The fraction of sp³-hybridized carbons (Fsp3) is 0.421. The molecule has 2 heterocycles. The van der Waals surface area contributed by atoms with Crippen LogP contribution in [0.4, 0.5) is 9.18 Å². The van der Waals surface area contributed by atoms with E-state index in [1.807, 2.05) is 33.8 Å². The summed E-state index contributed by atoms with van der Waals surface area (Å²) in [6, 6.07) is 4.87. The molecule has 6 nitrogen and oxygen atoms in total. The molecular formula is C19H24FN3O3. The summed E-state index contributed by atoms with van der Waals surface area (Å²) in [6.07, 6.45) is 2.63. The maximum Gasteiger partial charge on any atom is 0.405 e. The maximum atomic E-state index is 13.3. The minimum absolute atomic E-state index is 0.144. The lowest BCUT2D eigenvalue weighted by Gasteiger charge is -2.28. The molecule has 7 heteroatoms. The second kappa shape index (κ2) is 8.12. The Morgan fingerprint density at radius 2 is 2.12 bits per heavy atom. The highest BCUT2D eigenvalue weighted by Crippen LogP contribution is 2.25. The number of pyridine rings is 2. The molecule has 1 atom stereocenters. The molecule has 2 rings (SSSR count). The number of ether oxygens (including phenoxy) is 1.